The first-order valence-corrected chi connectivity index (χ1v) is 69.2. The summed E-state index contributed by atoms with van der Waals surface area (Å²) in [6.07, 6.45) is 10.2. The van der Waals surface area contributed by atoms with Crippen LogP contribution in [0.3, 0.4) is 0 Å². The van der Waals surface area contributed by atoms with Crippen molar-refractivity contribution in [1.29, 1.82) is 0 Å². The molecule has 7 aliphatic heterocycles. The van der Waals surface area contributed by atoms with Gasteiger partial charge in [-0.05, 0) is 144 Å². The summed E-state index contributed by atoms with van der Waals surface area (Å²) in [7, 11) is -1.60. The van der Waals surface area contributed by atoms with Gasteiger partial charge in [-0.1, -0.05) is 221 Å². The quantitative estimate of drug-likeness (QED) is 0.0193. The summed E-state index contributed by atoms with van der Waals surface area (Å²) in [5.74, 6) is 15.4. The Bertz CT molecular complexity index is 6060. The van der Waals surface area contributed by atoms with Gasteiger partial charge in [-0.15, -0.1) is 11.8 Å². The smallest absolute Gasteiger partial charge is 0.230 e. The predicted molar refractivity (Wildman–Crippen MR) is 555 cm³/mol. The molecular weight excluding hydrogens is 2400 g/mol. The molecule has 0 saturated carbocycles. The second kappa shape index (κ2) is 57.4. The fourth-order valence-corrected chi connectivity index (χ4v) is 14.9. The largest absolute Gasteiger partial charge is 0.486 e. The van der Waals surface area contributed by atoms with Crippen LogP contribution in [0.2, 0.25) is 0 Å². The fourth-order valence-electron chi connectivity index (χ4n) is 12.2. The number of halogens is 6. The average molecular weight is 2490 g/mol. The Kier molecular flexibility index (Phi) is 45.2. The van der Waals surface area contributed by atoms with E-state index in [1.54, 1.807) is 24.9 Å². The van der Waals surface area contributed by atoms with Crippen LogP contribution in [0, 0.1) is 0 Å². The number of hydrogen-bond acceptors (Lipinski definition) is 26. The van der Waals surface area contributed by atoms with Crippen molar-refractivity contribution in [3.63, 3.8) is 0 Å². The number of aliphatic hydroxyl groups excluding tert-OH is 1. The van der Waals surface area contributed by atoms with Crippen LogP contribution in [-0.2, 0) is 59.4 Å². The van der Waals surface area contributed by atoms with Crippen LogP contribution in [0.1, 0.15) is 79.1 Å². The Hall–Kier alpha value is -10.4. The van der Waals surface area contributed by atoms with Gasteiger partial charge < -0.3 is 82.9 Å². The summed E-state index contributed by atoms with van der Waals surface area (Å²) in [5.41, 5.74) is 19.2. The molecule has 0 radical (unpaired) electrons. The van der Waals surface area contributed by atoms with E-state index in [-0.39, 0.29) is 43.6 Å². The van der Waals surface area contributed by atoms with Crippen molar-refractivity contribution in [2.45, 2.75) is 38.2 Å². The van der Waals surface area contributed by atoms with Crippen molar-refractivity contribution in [1.82, 2.24) is 0 Å². The fraction of sp³-hybridized carbons (Fsp3) is 0.112. The van der Waals surface area contributed by atoms with Gasteiger partial charge in [0.2, 0.25) is 16.5 Å². The van der Waals surface area contributed by atoms with Crippen LogP contribution in [-0.4, -0.2) is 68.4 Å². The molecule has 2 amide bonds. The van der Waals surface area contributed by atoms with E-state index in [9.17, 15) is 23.7 Å². The second-order valence-electron chi connectivity index (χ2n) is 26.7. The summed E-state index contributed by atoms with van der Waals surface area (Å²) in [4.78, 5) is 32.7. The number of carbonyl (C=O) groups excluding carboxylic acids is 3. The Morgan fingerprint density at radius 1 is 0.429 bits per heavy atom. The number of hydrogen-bond donors (Lipinski definition) is 5. The molecule has 0 aromatic heterocycles. The van der Waals surface area contributed by atoms with Crippen LogP contribution in [0.15, 0.2) is 333 Å². The first-order chi connectivity index (χ1) is 64.5. The first-order valence-electron chi connectivity index (χ1n) is 39.5. The van der Waals surface area contributed by atoms with Gasteiger partial charge in [-0.3, -0.25) is 18.6 Å². The van der Waals surface area contributed by atoms with Crippen molar-refractivity contribution in [3.8, 4) is 80.5 Å². The second-order valence-corrected chi connectivity index (χ2v) is 96.2. The Balaban J connectivity index is 0.000000214. The zero-order chi connectivity index (χ0) is 93.0. The molecule has 700 valence electrons. The van der Waals surface area contributed by atoms with Crippen LogP contribution in [0.4, 0.5) is 0 Å². The van der Waals surface area contributed by atoms with Crippen LogP contribution < -0.4 is 91.0 Å². The molecule has 1 unspecified atom stereocenters. The molecule has 7 heterocycles. The number of para-hydroxylation sites is 14. The molecular formula is C98H93BrI5N2O24S3-. The number of rotatable bonds is 21. The number of primary amides is 2. The van der Waals surface area contributed by atoms with Gasteiger partial charge in [0.05, 0.1) is 12.4 Å². The number of benzene rings is 12. The number of ether oxygens (including phenoxy) is 14. The van der Waals surface area contributed by atoms with Gasteiger partial charge in [-0.2, -0.15) is 11.8 Å². The van der Waals surface area contributed by atoms with Crippen molar-refractivity contribution >= 4 is 161 Å². The minimum atomic E-state index is -1.36. The van der Waals surface area contributed by atoms with E-state index < -0.39 is 16.7 Å². The normalized spacial score (nSPS) is 13.0. The molecule has 1 atom stereocenters. The van der Waals surface area contributed by atoms with E-state index in [1.165, 1.54) is 36.1 Å². The topological polar surface area (TPSA) is 338 Å². The summed E-state index contributed by atoms with van der Waals surface area (Å²) >= 11 is 14.9. The van der Waals surface area contributed by atoms with Gasteiger partial charge in [0.25, 0.3) is 0 Å². The van der Waals surface area contributed by atoms with Gasteiger partial charge >= 0.3 is 77.0 Å². The van der Waals surface area contributed by atoms with E-state index >= 15 is 0 Å². The van der Waals surface area contributed by atoms with Crippen molar-refractivity contribution < 1.29 is 133 Å². The van der Waals surface area contributed by atoms with E-state index in [0.717, 1.165) is 103 Å². The third kappa shape index (κ3) is 33.3. The maximum atomic E-state index is 12.0. The molecule has 0 bridgehead atoms. The molecule has 0 fully saturated rings. The average Bonchev–Trinajstić information content (AvgIpc) is 0.826. The van der Waals surface area contributed by atoms with Gasteiger partial charge in [0.1, 0.15) is 56.5 Å². The monoisotopic (exact) mass is 2490 g/mol. The molecule has 12 aromatic rings. The summed E-state index contributed by atoms with van der Waals surface area (Å²) in [6.45, 7) is 3.47. The van der Waals surface area contributed by atoms with E-state index in [0.29, 0.717) is 117 Å². The van der Waals surface area contributed by atoms with E-state index in [4.69, 9.17) is 88.3 Å². The van der Waals surface area contributed by atoms with Crippen molar-refractivity contribution in [2.24, 2.45) is 11.5 Å². The number of aliphatic hydroxyl groups is 1. The zero-order valence-electron chi connectivity index (χ0n) is 69.7. The number of thioether (sulfide) groups is 2. The van der Waals surface area contributed by atoms with Gasteiger partial charge in [0.15, 0.2) is 116 Å². The molecule has 0 spiro atoms. The predicted octanol–water partition coefficient (Wildman–Crippen LogP) is 22.1. The van der Waals surface area contributed by atoms with Gasteiger partial charge in [-0.25, -0.2) is 10.5 Å². The Labute approximate surface area is 834 Å². The minimum Gasteiger partial charge on any atom is -0.486 e. The van der Waals surface area contributed by atoms with Crippen LogP contribution in [0.25, 0.3) is 28.8 Å². The van der Waals surface area contributed by atoms with Crippen LogP contribution >= 0.6 is 103 Å². The number of amides is 2. The standard InChI is InChI=1S/C17H15NO4S.C17H15NO3S.C17H16O2S.C15H12O3.C15H10O3.C8H5BrO2.C8H8O2.CH4.I5.H2O5.3H2/c18-17(19)11-23(20)10-12-5-1-2-6-13(12)16-9-21-14-7-3-4-8-15(14)22-16;18-17(19)11-22-10-12-5-1-2-6-13(12)16-9-20-14-7-3-4-8-15(14)21-16;1-2-20-12-13-7-3-4-8-14(13)17-11-18-15-9-5-6-10-16(15)19-17;2*16-9-11-5-1-2-6-12(11)15-10-17-13-7-3-4-8-14(13)18-15;9-8-5-10-6-3-1-2-4-7(6)11-8;1-2-4-8-7(3-1)9-5-6-10-8;;1-4-5(2)3;1-3-5-4-2;;;/h1-9H,10-11H2,(H2,18,19);1-9H,10-11H2,(H2,18,19);3-11H,2,12H2,1H3;1-8,10,16H,9H2;1-10H;1-5H;1-4H,5-6H2;1H4;;1-2H;3*1H/q;;;;;;;;-1;;;;. The Morgan fingerprint density at radius 3 is 1.05 bits per heavy atom. The molecule has 26 nitrogen and oxygen atoms in total. The molecule has 7 aliphatic rings. The van der Waals surface area contributed by atoms with Crippen LogP contribution in [0.5, 0.6) is 80.5 Å². The molecule has 0 saturated heterocycles. The third-order valence-corrected chi connectivity index (χ3v) is 104. The molecule has 35 heteroatoms. The molecule has 133 heavy (non-hydrogen) atoms. The number of nitrogens with two attached hydrogens (primary N) is 2. The minimum absolute atomic E-state index is 0. The molecule has 12 aromatic carbocycles. The maximum Gasteiger partial charge on any atom is 0.230 e. The van der Waals surface area contributed by atoms with Crippen molar-refractivity contribution in [2.75, 3.05) is 30.5 Å². The number of fused-ring (bicyclic) bond motifs is 7. The SMILES string of the molecule is BrC1=COc2ccccc2O1.C.CCSCc1ccccc1C1=COc2ccccc2O1.I[I-]I(I)I.NC(=O)CS(=O)Cc1ccccc1C1=COc2ccccc2O1.NC(=O)CSCc1ccccc1C1=COc2ccccc2O1.O=Cc1ccccc1C1=COc2ccccc2O1.OCc1ccccc1C1=COc2ccccc2O1.OOOOO.[HH].[HH].[HH].c1ccc2c(c1)OCCO2. The summed E-state index contributed by atoms with van der Waals surface area (Å²) in [6, 6.07) is 91.1. The number of carbonyl (C=O) groups is 3. The number of aldehydes is 1. The molecule has 19 rings (SSSR count). The summed E-state index contributed by atoms with van der Waals surface area (Å²) < 4.78 is 90.8. The summed E-state index contributed by atoms with van der Waals surface area (Å²) in [5, 5.41) is 31.8. The molecule has 0 aliphatic carbocycles. The zero-order valence-corrected chi connectivity index (χ0v) is 84.5. The Morgan fingerprint density at radius 2 is 0.714 bits per heavy atom. The van der Waals surface area contributed by atoms with Gasteiger partial charge in [0, 0.05) is 65.7 Å². The van der Waals surface area contributed by atoms with E-state index in [2.05, 4.69) is 112 Å². The maximum absolute atomic E-state index is 12.0. The van der Waals surface area contributed by atoms with Crippen molar-refractivity contribution in [3.05, 3.63) is 389 Å². The first kappa shape index (κ1) is 105. The third-order valence-electron chi connectivity index (χ3n) is 17.9. The molecule has 7 N–H and O–H groups in total. The van der Waals surface area contributed by atoms with E-state index in [1.807, 2.05) is 279 Å².